The van der Waals surface area contributed by atoms with Gasteiger partial charge < -0.3 is 0 Å². The molecule has 6 nitrogen and oxygen atoms in total. The summed E-state index contributed by atoms with van der Waals surface area (Å²) in [6.07, 6.45) is 17.7. The Morgan fingerprint density at radius 1 is 0.556 bits per heavy atom. The van der Waals surface area contributed by atoms with Gasteiger partial charge in [-0.2, -0.15) is 10.2 Å². The average Bonchev–Trinajstić information content (AvgIpc) is 2.89. The third-order valence-electron chi connectivity index (χ3n) is 6.43. The Balaban J connectivity index is 2.34. The average molecular weight is 499 g/mol. The molecule has 6 heteroatoms. The van der Waals surface area contributed by atoms with E-state index < -0.39 is 0 Å². The maximum absolute atomic E-state index is 12.1. The maximum Gasteiger partial charge on any atom is 0.240 e. The number of nitrogens with zero attached hydrogens (tertiary/aromatic N) is 2. The first kappa shape index (κ1) is 31.5. The minimum atomic E-state index is -0.0326. The number of carbonyl (C=O) groups is 2. The molecule has 0 aliphatic carbocycles. The van der Waals surface area contributed by atoms with Crippen LogP contribution in [0.25, 0.3) is 0 Å². The van der Waals surface area contributed by atoms with Crippen LogP contribution in [0, 0.1) is 0 Å². The van der Waals surface area contributed by atoms with Crippen molar-refractivity contribution in [2.24, 2.45) is 10.2 Å². The van der Waals surface area contributed by atoms with Gasteiger partial charge in [-0.05, 0) is 37.8 Å². The van der Waals surface area contributed by atoms with Gasteiger partial charge in [0.05, 0.1) is 11.4 Å². The van der Waals surface area contributed by atoms with E-state index in [1.54, 1.807) is 0 Å². The summed E-state index contributed by atoms with van der Waals surface area (Å²) in [5, 5.41) is 8.51. The van der Waals surface area contributed by atoms with Crippen LogP contribution in [0.3, 0.4) is 0 Å². The molecule has 2 N–H and O–H groups in total. The fourth-order valence-electron chi connectivity index (χ4n) is 3.97. The number of amides is 2. The summed E-state index contributed by atoms with van der Waals surface area (Å²) >= 11 is 0. The van der Waals surface area contributed by atoms with Crippen molar-refractivity contribution < 1.29 is 9.59 Å². The van der Waals surface area contributed by atoms with Crippen molar-refractivity contribution in [3.63, 3.8) is 0 Å². The summed E-state index contributed by atoms with van der Waals surface area (Å²) in [6.45, 7) is 8.20. The fraction of sp³-hybridized carbons (Fsp3) is 0.667. The molecule has 0 fully saturated rings. The molecule has 0 aliphatic rings. The third kappa shape index (κ3) is 15.5. The Kier molecular flexibility index (Phi) is 18.1. The lowest BCUT2D eigenvalue weighted by molar-refractivity contribution is -0.122. The van der Waals surface area contributed by atoms with E-state index in [0.717, 1.165) is 48.2 Å². The number of rotatable bonds is 20. The van der Waals surface area contributed by atoms with E-state index >= 15 is 0 Å². The normalized spacial score (nSPS) is 12.0. The summed E-state index contributed by atoms with van der Waals surface area (Å²) in [5.74, 6) is -0.0653. The van der Waals surface area contributed by atoms with Gasteiger partial charge in [0.2, 0.25) is 11.8 Å². The van der Waals surface area contributed by atoms with Crippen LogP contribution in [0.5, 0.6) is 0 Å². The third-order valence-corrected chi connectivity index (χ3v) is 6.43. The van der Waals surface area contributed by atoms with Gasteiger partial charge in [-0.25, -0.2) is 10.9 Å². The Hall–Kier alpha value is -2.50. The first-order valence-electron chi connectivity index (χ1n) is 14.2. The van der Waals surface area contributed by atoms with Crippen LogP contribution in [0.15, 0.2) is 34.5 Å². The van der Waals surface area contributed by atoms with Crippen molar-refractivity contribution in [2.45, 2.75) is 130 Å². The van der Waals surface area contributed by atoms with Gasteiger partial charge in [-0.3, -0.25) is 9.59 Å². The summed E-state index contributed by atoms with van der Waals surface area (Å²) < 4.78 is 0. The van der Waals surface area contributed by atoms with E-state index in [1.807, 2.05) is 38.1 Å². The van der Waals surface area contributed by atoms with Gasteiger partial charge in [0, 0.05) is 12.8 Å². The van der Waals surface area contributed by atoms with Crippen molar-refractivity contribution in [1.29, 1.82) is 0 Å². The first-order chi connectivity index (χ1) is 17.5. The molecule has 0 spiro atoms. The van der Waals surface area contributed by atoms with E-state index in [9.17, 15) is 9.59 Å². The van der Waals surface area contributed by atoms with Gasteiger partial charge >= 0.3 is 0 Å². The number of benzene rings is 1. The van der Waals surface area contributed by atoms with Crippen molar-refractivity contribution in [1.82, 2.24) is 10.9 Å². The molecular weight excluding hydrogens is 448 g/mol. The zero-order valence-corrected chi connectivity index (χ0v) is 23.3. The molecule has 1 rings (SSSR count). The minimum Gasteiger partial charge on any atom is -0.273 e. The van der Waals surface area contributed by atoms with Gasteiger partial charge in [-0.15, -0.1) is 0 Å². The number of hydrogen-bond acceptors (Lipinski definition) is 4. The Morgan fingerprint density at radius 3 is 1.19 bits per heavy atom. The predicted octanol–water partition coefficient (Wildman–Crippen LogP) is 7.65. The Bertz CT molecular complexity index is 733. The van der Waals surface area contributed by atoms with Crippen LogP contribution in [-0.4, -0.2) is 23.2 Å². The van der Waals surface area contributed by atoms with E-state index in [1.165, 1.54) is 64.2 Å². The lowest BCUT2D eigenvalue weighted by Gasteiger charge is -2.06. The SMILES string of the molecule is CCCCCCCCCC(=O)N/N=C(/C)c1ccc(/C(C)=N/NC(=O)CCCCCCCCC)cc1. The molecule has 0 atom stereocenters. The highest BCUT2D eigenvalue weighted by molar-refractivity contribution is 6.02. The minimum absolute atomic E-state index is 0.0326. The van der Waals surface area contributed by atoms with Crippen LogP contribution < -0.4 is 10.9 Å². The zero-order valence-electron chi connectivity index (χ0n) is 23.3. The molecule has 1 aromatic rings. The predicted molar refractivity (Wildman–Crippen MR) is 152 cm³/mol. The van der Waals surface area contributed by atoms with E-state index in [4.69, 9.17) is 0 Å². The lowest BCUT2D eigenvalue weighted by Crippen LogP contribution is -2.19. The molecular formula is C30H50N4O2. The van der Waals surface area contributed by atoms with E-state index in [-0.39, 0.29) is 11.8 Å². The molecule has 0 aliphatic heterocycles. The highest BCUT2D eigenvalue weighted by Gasteiger charge is 2.05. The first-order valence-corrected chi connectivity index (χ1v) is 14.2. The van der Waals surface area contributed by atoms with E-state index in [2.05, 4.69) is 34.9 Å². The van der Waals surface area contributed by atoms with Gasteiger partial charge in [-0.1, -0.05) is 115 Å². The number of nitrogens with one attached hydrogen (secondary N) is 2. The molecule has 0 unspecified atom stereocenters. The summed E-state index contributed by atoms with van der Waals surface area (Å²) in [5.41, 5.74) is 8.73. The Morgan fingerprint density at radius 2 is 0.861 bits per heavy atom. The monoisotopic (exact) mass is 498 g/mol. The van der Waals surface area contributed by atoms with Crippen LogP contribution >= 0.6 is 0 Å². The molecule has 0 aromatic heterocycles. The molecule has 202 valence electrons. The van der Waals surface area contributed by atoms with E-state index in [0.29, 0.717) is 12.8 Å². The maximum atomic E-state index is 12.1. The Labute approximate surface area is 219 Å². The fourth-order valence-corrected chi connectivity index (χ4v) is 3.97. The molecule has 0 radical (unpaired) electrons. The molecule has 1 aromatic carbocycles. The molecule has 36 heavy (non-hydrogen) atoms. The van der Waals surface area contributed by atoms with Crippen LogP contribution in [0.4, 0.5) is 0 Å². The number of hydrazone groups is 2. The summed E-state index contributed by atoms with van der Waals surface area (Å²) in [7, 11) is 0. The van der Waals surface area contributed by atoms with Gasteiger partial charge in [0.1, 0.15) is 0 Å². The largest absolute Gasteiger partial charge is 0.273 e. The molecule has 0 saturated carbocycles. The second-order valence-electron chi connectivity index (χ2n) is 9.78. The van der Waals surface area contributed by atoms with Crippen molar-refractivity contribution in [3.05, 3.63) is 35.4 Å². The topological polar surface area (TPSA) is 82.9 Å². The van der Waals surface area contributed by atoms with Crippen molar-refractivity contribution in [3.8, 4) is 0 Å². The quantitative estimate of drug-likeness (QED) is 0.110. The molecule has 0 bridgehead atoms. The van der Waals surface area contributed by atoms with Crippen LogP contribution in [0.1, 0.15) is 142 Å². The van der Waals surface area contributed by atoms with Gasteiger partial charge in [0.25, 0.3) is 0 Å². The van der Waals surface area contributed by atoms with Crippen LogP contribution in [0.2, 0.25) is 0 Å². The number of unbranched alkanes of at least 4 members (excludes halogenated alkanes) is 12. The number of carbonyl (C=O) groups excluding carboxylic acids is 2. The lowest BCUT2D eigenvalue weighted by atomic mass is 10.1. The van der Waals surface area contributed by atoms with Gasteiger partial charge in [0.15, 0.2) is 0 Å². The molecule has 0 heterocycles. The summed E-state index contributed by atoms with van der Waals surface area (Å²) in [6, 6.07) is 7.82. The smallest absolute Gasteiger partial charge is 0.240 e. The molecule has 0 saturated heterocycles. The highest BCUT2D eigenvalue weighted by atomic mass is 16.2. The molecule has 2 amide bonds. The zero-order chi connectivity index (χ0) is 26.4. The van der Waals surface area contributed by atoms with Crippen molar-refractivity contribution >= 4 is 23.2 Å². The second-order valence-corrected chi connectivity index (χ2v) is 9.78. The number of hydrogen-bond donors (Lipinski definition) is 2. The van der Waals surface area contributed by atoms with Crippen molar-refractivity contribution in [2.75, 3.05) is 0 Å². The summed E-state index contributed by atoms with van der Waals surface area (Å²) in [4.78, 5) is 24.1. The highest BCUT2D eigenvalue weighted by Crippen LogP contribution is 2.10. The van der Waals surface area contributed by atoms with Crippen LogP contribution in [-0.2, 0) is 9.59 Å². The standard InChI is InChI=1S/C30H50N4O2/c1-5-7-9-11-13-15-17-19-29(35)33-31-25(3)27-21-23-28(24-22-27)26(4)32-34-30(36)20-18-16-14-12-10-8-6-2/h21-24H,5-20H2,1-4H3,(H,33,35)(H,34,36)/b31-25-,32-26+. The second kappa shape index (κ2) is 20.7.